The Hall–Kier alpha value is -1.59. The lowest BCUT2D eigenvalue weighted by Gasteiger charge is -2.09. The lowest BCUT2D eigenvalue weighted by Crippen LogP contribution is -2.30. The fourth-order valence-electron chi connectivity index (χ4n) is 1.58. The van der Waals surface area contributed by atoms with Crippen LogP contribution < -0.4 is 15.4 Å². The van der Waals surface area contributed by atoms with Gasteiger partial charge in [0.05, 0.1) is 19.8 Å². The number of anilines is 1. The normalized spacial score (nSPS) is 11.9. The number of amides is 1. The van der Waals surface area contributed by atoms with Crippen LogP contribution in [0.2, 0.25) is 0 Å². The van der Waals surface area contributed by atoms with Crippen LogP contribution in [0.5, 0.6) is 5.75 Å². The van der Waals surface area contributed by atoms with Crippen LogP contribution in [0.15, 0.2) is 24.3 Å². The van der Waals surface area contributed by atoms with Crippen molar-refractivity contribution in [3.05, 3.63) is 24.3 Å². The van der Waals surface area contributed by atoms with E-state index in [0.717, 1.165) is 6.42 Å². The van der Waals surface area contributed by atoms with Crippen LogP contribution in [0.1, 0.15) is 19.8 Å². The van der Waals surface area contributed by atoms with Gasteiger partial charge in [0.15, 0.2) is 0 Å². The molecule has 1 atom stereocenters. The minimum absolute atomic E-state index is 0.112. The van der Waals surface area contributed by atoms with Crippen LogP contribution in [0.25, 0.3) is 0 Å². The molecular formula is C14H22N2O3. The number of methoxy groups -OCH3 is 1. The Morgan fingerprint density at radius 3 is 2.95 bits per heavy atom. The van der Waals surface area contributed by atoms with Gasteiger partial charge in [0.25, 0.3) is 0 Å². The molecule has 0 saturated carbocycles. The van der Waals surface area contributed by atoms with Crippen molar-refractivity contribution in [1.29, 1.82) is 0 Å². The molecule has 0 bridgehead atoms. The second kappa shape index (κ2) is 8.50. The average molecular weight is 266 g/mol. The highest BCUT2D eigenvalue weighted by atomic mass is 16.5. The third-order valence-corrected chi connectivity index (χ3v) is 2.76. The molecule has 0 aliphatic carbocycles. The summed E-state index contributed by atoms with van der Waals surface area (Å²) < 4.78 is 5.08. The van der Waals surface area contributed by atoms with E-state index in [1.165, 1.54) is 0 Å². The van der Waals surface area contributed by atoms with Crippen LogP contribution in [0.3, 0.4) is 0 Å². The molecule has 5 heteroatoms. The Morgan fingerprint density at radius 1 is 1.47 bits per heavy atom. The molecule has 3 N–H and O–H groups in total. The molecule has 1 amide bonds. The first-order valence-electron chi connectivity index (χ1n) is 6.48. The highest BCUT2D eigenvalue weighted by molar-refractivity contribution is 5.92. The fraction of sp³-hybridized carbons (Fsp3) is 0.500. The molecule has 0 fully saturated rings. The topological polar surface area (TPSA) is 70.6 Å². The molecule has 0 aromatic heterocycles. The summed E-state index contributed by atoms with van der Waals surface area (Å²) in [4.78, 5) is 11.6. The maximum absolute atomic E-state index is 11.6. The van der Waals surface area contributed by atoms with Gasteiger partial charge in [-0.15, -0.1) is 0 Å². The van der Waals surface area contributed by atoms with Gasteiger partial charge in [-0.05, 0) is 31.5 Å². The van der Waals surface area contributed by atoms with E-state index in [9.17, 15) is 9.90 Å². The lowest BCUT2D eigenvalue weighted by atomic mass is 10.2. The molecule has 1 unspecified atom stereocenters. The lowest BCUT2D eigenvalue weighted by molar-refractivity contribution is -0.115. The number of aliphatic hydroxyl groups excluding tert-OH is 1. The van der Waals surface area contributed by atoms with E-state index in [1.807, 2.05) is 19.1 Å². The molecule has 0 aliphatic rings. The standard InChI is InChI=1S/C14H22N2O3/c1-3-12(17)7-8-15-10-14(18)16-11-5-4-6-13(9-11)19-2/h4-6,9,12,15,17H,3,7-8,10H2,1-2H3,(H,16,18). The van der Waals surface area contributed by atoms with Crippen molar-refractivity contribution in [3.63, 3.8) is 0 Å². The number of carbonyl (C=O) groups is 1. The number of nitrogens with one attached hydrogen (secondary N) is 2. The first-order chi connectivity index (χ1) is 9.15. The van der Waals surface area contributed by atoms with Crippen molar-refractivity contribution in [2.45, 2.75) is 25.9 Å². The van der Waals surface area contributed by atoms with Crippen molar-refractivity contribution < 1.29 is 14.6 Å². The third-order valence-electron chi connectivity index (χ3n) is 2.76. The Labute approximate surface area is 114 Å². The number of carbonyl (C=O) groups excluding carboxylic acids is 1. The smallest absolute Gasteiger partial charge is 0.238 e. The summed E-state index contributed by atoms with van der Waals surface area (Å²) in [7, 11) is 1.58. The Kier molecular flexibility index (Phi) is 6.92. The molecule has 19 heavy (non-hydrogen) atoms. The van der Waals surface area contributed by atoms with Crippen molar-refractivity contribution in [2.75, 3.05) is 25.5 Å². The van der Waals surface area contributed by atoms with Gasteiger partial charge < -0.3 is 20.5 Å². The molecule has 5 nitrogen and oxygen atoms in total. The van der Waals surface area contributed by atoms with Gasteiger partial charge in [0.1, 0.15) is 5.75 Å². The SMILES string of the molecule is CCC(O)CCNCC(=O)Nc1cccc(OC)c1. The summed E-state index contributed by atoms with van der Waals surface area (Å²) in [6.07, 6.45) is 1.09. The predicted octanol–water partition coefficient (Wildman–Crippen LogP) is 1.38. The summed E-state index contributed by atoms with van der Waals surface area (Å²) in [5.74, 6) is 0.594. The van der Waals surface area contributed by atoms with Crippen LogP contribution in [0, 0.1) is 0 Å². The minimum atomic E-state index is -0.297. The molecule has 0 heterocycles. The summed E-state index contributed by atoms with van der Waals surface area (Å²) in [5.41, 5.74) is 0.708. The van der Waals surface area contributed by atoms with Crippen molar-refractivity contribution in [2.24, 2.45) is 0 Å². The summed E-state index contributed by atoms with van der Waals surface area (Å²) >= 11 is 0. The maximum Gasteiger partial charge on any atom is 0.238 e. The summed E-state index contributed by atoms with van der Waals surface area (Å²) in [6, 6.07) is 7.21. The highest BCUT2D eigenvalue weighted by Gasteiger charge is 2.04. The minimum Gasteiger partial charge on any atom is -0.497 e. The molecule has 1 rings (SSSR count). The van der Waals surface area contributed by atoms with E-state index in [4.69, 9.17) is 4.74 Å². The van der Waals surface area contributed by atoms with E-state index >= 15 is 0 Å². The van der Waals surface area contributed by atoms with Crippen LogP contribution in [-0.4, -0.2) is 37.3 Å². The molecule has 1 aromatic carbocycles. The number of hydrogen-bond donors (Lipinski definition) is 3. The third kappa shape index (κ3) is 6.22. The number of hydrogen-bond acceptors (Lipinski definition) is 4. The Morgan fingerprint density at radius 2 is 2.26 bits per heavy atom. The second-order valence-electron chi connectivity index (χ2n) is 4.31. The number of ether oxygens (including phenoxy) is 1. The van der Waals surface area contributed by atoms with E-state index in [-0.39, 0.29) is 18.6 Å². The monoisotopic (exact) mass is 266 g/mol. The van der Waals surface area contributed by atoms with E-state index in [2.05, 4.69) is 10.6 Å². The Bertz CT molecular complexity index is 396. The molecule has 0 radical (unpaired) electrons. The van der Waals surface area contributed by atoms with Crippen LogP contribution in [-0.2, 0) is 4.79 Å². The fourth-order valence-corrected chi connectivity index (χ4v) is 1.58. The van der Waals surface area contributed by atoms with E-state index in [1.54, 1.807) is 19.2 Å². The van der Waals surface area contributed by atoms with E-state index in [0.29, 0.717) is 24.4 Å². The van der Waals surface area contributed by atoms with Gasteiger partial charge in [-0.2, -0.15) is 0 Å². The van der Waals surface area contributed by atoms with Crippen LogP contribution >= 0.6 is 0 Å². The molecule has 0 saturated heterocycles. The van der Waals surface area contributed by atoms with Crippen molar-refractivity contribution >= 4 is 11.6 Å². The maximum atomic E-state index is 11.6. The van der Waals surface area contributed by atoms with Gasteiger partial charge in [0, 0.05) is 11.8 Å². The first-order valence-corrected chi connectivity index (χ1v) is 6.48. The van der Waals surface area contributed by atoms with Crippen LogP contribution in [0.4, 0.5) is 5.69 Å². The van der Waals surface area contributed by atoms with Gasteiger partial charge in [-0.3, -0.25) is 4.79 Å². The second-order valence-corrected chi connectivity index (χ2v) is 4.31. The van der Waals surface area contributed by atoms with Gasteiger partial charge in [-0.25, -0.2) is 0 Å². The Balaban J connectivity index is 2.27. The predicted molar refractivity (Wildman–Crippen MR) is 75.4 cm³/mol. The van der Waals surface area contributed by atoms with E-state index < -0.39 is 0 Å². The molecule has 1 aromatic rings. The quantitative estimate of drug-likeness (QED) is 0.622. The highest BCUT2D eigenvalue weighted by Crippen LogP contribution is 2.16. The van der Waals surface area contributed by atoms with Crippen molar-refractivity contribution in [3.8, 4) is 5.75 Å². The number of aliphatic hydroxyl groups is 1. The first kappa shape index (κ1) is 15.5. The van der Waals surface area contributed by atoms with Gasteiger partial charge in [-0.1, -0.05) is 13.0 Å². The van der Waals surface area contributed by atoms with Gasteiger partial charge >= 0.3 is 0 Å². The molecular weight excluding hydrogens is 244 g/mol. The zero-order valence-electron chi connectivity index (χ0n) is 11.5. The van der Waals surface area contributed by atoms with Gasteiger partial charge in [0.2, 0.25) is 5.91 Å². The molecule has 106 valence electrons. The average Bonchev–Trinajstić information content (AvgIpc) is 2.43. The zero-order valence-corrected chi connectivity index (χ0v) is 11.5. The van der Waals surface area contributed by atoms with Crippen molar-refractivity contribution in [1.82, 2.24) is 5.32 Å². The molecule has 0 spiro atoms. The number of benzene rings is 1. The molecule has 0 aliphatic heterocycles. The summed E-state index contributed by atoms with van der Waals surface area (Å²) in [5, 5.41) is 15.1. The largest absolute Gasteiger partial charge is 0.497 e. The zero-order chi connectivity index (χ0) is 14.1. The summed E-state index contributed by atoms with van der Waals surface area (Å²) in [6.45, 7) is 2.79. The number of rotatable bonds is 8.